The minimum Gasteiger partial charge on any atom is -0.211 e. The number of hydrogen-bond acceptors (Lipinski definition) is 4. The van der Waals surface area contributed by atoms with Crippen LogP contribution in [-0.4, -0.2) is 12.2 Å². The molecule has 0 saturated heterocycles. The van der Waals surface area contributed by atoms with Gasteiger partial charge in [0.15, 0.2) is 0 Å². The molecule has 0 spiro atoms. The summed E-state index contributed by atoms with van der Waals surface area (Å²) in [6, 6.07) is 2.00. The van der Waals surface area contributed by atoms with Gasteiger partial charge < -0.3 is 0 Å². The predicted octanol–water partition coefficient (Wildman–Crippen LogP) is 4.09. The van der Waals surface area contributed by atoms with Crippen LogP contribution >= 0.6 is 0 Å². The summed E-state index contributed by atoms with van der Waals surface area (Å²) in [5.41, 5.74) is 4.11. The zero-order chi connectivity index (χ0) is 15.0. The van der Waals surface area contributed by atoms with Gasteiger partial charge in [-0.25, -0.2) is 9.59 Å². The smallest absolute Gasteiger partial charge is 0.211 e. The van der Waals surface area contributed by atoms with Gasteiger partial charge in [0.25, 0.3) is 0 Å². The third kappa shape index (κ3) is 3.51. The van der Waals surface area contributed by atoms with Crippen molar-refractivity contribution in [3.63, 3.8) is 0 Å². The molecule has 0 aliphatic rings. The number of aliphatic imine (C=N–C) groups is 2. The topological polar surface area (TPSA) is 58.9 Å². The van der Waals surface area contributed by atoms with Crippen molar-refractivity contribution in [3.8, 4) is 0 Å². The summed E-state index contributed by atoms with van der Waals surface area (Å²) >= 11 is 0. The number of carbonyl (C=O) groups excluding carboxylic acids is 2. The highest BCUT2D eigenvalue weighted by molar-refractivity contribution is 5.72. The molecule has 0 fully saturated rings. The fourth-order valence-corrected chi connectivity index (χ4v) is 2.38. The second-order valence-corrected chi connectivity index (χ2v) is 4.59. The van der Waals surface area contributed by atoms with Crippen LogP contribution in [0, 0.1) is 0 Å². The first-order valence-corrected chi connectivity index (χ1v) is 7.06. The second kappa shape index (κ2) is 8.21. The molecule has 1 aromatic carbocycles. The molecule has 106 valence electrons. The standard InChI is InChI=1S/C16H20N2O2/c1-4-7-8-13-9-12(5-2)15(17-10-19)14(6-3)16(13)18-11-20/h9H,4-8H2,1-3H3. The highest BCUT2D eigenvalue weighted by Gasteiger charge is 2.15. The molecule has 0 bridgehead atoms. The number of isocyanates is 2. The van der Waals surface area contributed by atoms with E-state index in [1.807, 2.05) is 19.9 Å². The zero-order valence-electron chi connectivity index (χ0n) is 12.3. The third-order valence-corrected chi connectivity index (χ3v) is 3.38. The maximum atomic E-state index is 10.7. The Hall–Kier alpha value is -2.02. The molecule has 0 aliphatic carbocycles. The first kappa shape index (κ1) is 16.0. The lowest BCUT2D eigenvalue weighted by molar-refractivity contribution is 0.564. The van der Waals surface area contributed by atoms with Gasteiger partial charge in [0.2, 0.25) is 12.2 Å². The quantitative estimate of drug-likeness (QED) is 0.554. The van der Waals surface area contributed by atoms with Gasteiger partial charge in [-0.15, -0.1) is 0 Å². The molecule has 0 radical (unpaired) electrons. The lowest BCUT2D eigenvalue weighted by Crippen LogP contribution is -1.96. The first-order valence-electron chi connectivity index (χ1n) is 7.06. The van der Waals surface area contributed by atoms with Crippen molar-refractivity contribution in [1.29, 1.82) is 0 Å². The fraction of sp³-hybridized carbons (Fsp3) is 0.500. The summed E-state index contributed by atoms with van der Waals surface area (Å²) in [4.78, 5) is 29.0. The molecule has 0 aromatic heterocycles. The van der Waals surface area contributed by atoms with Gasteiger partial charge in [-0.1, -0.05) is 33.3 Å². The molecule has 1 rings (SSSR count). The van der Waals surface area contributed by atoms with E-state index in [9.17, 15) is 9.59 Å². The maximum Gasteiger partial charge on any atom is 0.240 e. The Bertz CT molecular complexity index is 566. The molecule has 4 heteroatoms. The predicted molar refractivity (Wildman–Crippen MR) is 79.4 cm³/mol. The van der Waals surface area contributed by atoms with Crippen molar-refractivity contribution >= 4 is 23.5 Å². The van der Waals surface area contributed by atoms with Crippen molar-refractivity contribution in [2.75, 3.05) is 0 Å². The van der Waals surface area contributed by atoms with Crippen molar-refractivity contribution in [2.45, 2.75) is 52.9 Å². The van der Waals surface area contributed by atoms with Gasteiger partial charge in [-0.05, 0) is 36.8 Å². The Balaban J connectivity index is 3.60. The molecule has 1 aromatic rings. The molecule has 0 unspecified atom stereocenters. The average molecular weight is 272 g/mol. The van der Waals surface area contributed by atoms with E-state index in [1.54, 1.807) is 12.2 Å². The van der Waals surface area contributed by atoms with Crippen LogP contribution in [0.2, 0.25) is 0 Å². The lowest BCUT2D eigenvalue weighted by Gasteiger charge is -2.15. The van der Waals surface area contributed by atoms with Crippen LogP contribution in [-0.2, 0) is 28.9 Å². The largest absolute Gasteiger partial charge is 0.240 e. The van der Waals surface area contributed by atoms with E-state index in [4.69, 9.17) is 0 Å². The highest BCUT2D eigenvalue weighted by Crippen LogP contribution is 2.37. The molecule has 0 heterocycles. The number of hydrogen-bond donors (Lipinski definition) is 0. The Kier molecular flexibility index (Phi) is 6.58. The van der Waals surface area contributed by atoms with Crippen molar-refractivity contribution in [3.05, 3.63) is 22.8 Å². The number of unbranched alkanes of at least 4 members (excludes halogenated alkanes) is 1. The highest BCUT2D eigenvalue weighted by atomic mass is 16.1. The molecule has 0 amide bonds. The minimum absolute atomic E-state index is 0.610. The zero-order valence-corrected chi connectivity index (χ0v) is 12.3. The van der Waals surface area contributed by atoms with Crippen molar-refractivity contribution in [1.82, 2.24) is 0 Å². The van der Waals surface area contributed by atoms with E-state index in [0.717, 1.165) is 42.4 Å². The summed E-state index contributed by atoms with van der Waals surface area (Å²) < 4.78 is 0. The SMILES string of the molecule is CCCCc1cc(CC)c(N=C=O)c(CC)c1N=C=O. The van der Waals surface area contributed by atoms with Crippen LogP contribution in [0.5, 0.6) is 0 Å². The van der Waals surface area contributed by atoms with E-state index >= 15 is 0 Å². The summed E-state index contributed by atoms with van der Waals surface area (Å²) in [5.74, 6) is 0. The molecule has 0 atom stereocenters. The summed E-state index contributed by atoms with van der Waals surface area (Å²) in [7, 11) is 0. The number of benzene rings is 1. The van der Waals surface area contributed by atoms with Crippen LogP contribution in [0.3, 0.4) is 0 Å². The van der Waals surface area contributed by atoms with E-state index in [1.165, 1.54) is 0 Å². The van der Waals surface area contributed by atoms with Gasteiger partial charge in [-0.2, -0.15) is 9.98 Å². The van der Waals surface area contributed by atoms with Gasteiger partial charge >= 0.3 is 0 Å². The number of aryl methyl sites for hydroxylation is 2. The van der Waals surface area contributed by atoms with E-state index in [-0.39, 0.29) is 0 Å². The van der Waals surface area contributed by atoms with E-state index in [2.05, 4.69) is 16.9 Å². The minimum atomic E-state index is 0.610. The fourth-order valence-electron chi connectivity index (χ4n) is 2.38. The normalized spacial score (nSPS) is 9.75. The van der Waals surface area contributed by atoms with E-state index < -0.39 is 0 Å². The molecule has 0 N–H and O–H groups in total. The lowest BCUT2D eigenvalue weighted by atomic mass is 9.94. The second-order valence-electron chi connectivity index (χ2n) is 4.59. The molecular formula is C16H20N2O2. The summed E-state index contributed by atoms with van der Waals surface area (Å²) in [6.07, 6.45) is 7.62. The molecule has 0 aliphatic heterocycles. The maximum absolute atomic E-state index is 10.7. The van der Waals surface area contributed by atoms with Crippen LogP contribution < -0.4 is 0 Å². The molecular weight excluding hydrogens is 252 g/mol. The average Bonchev–Trinajstić information content (AvgIpc) is 2.47. The van der Waals surface area contributed by atoms with Crippen molar-refractivity contribution in [2.24, 2.45) is 9.98 Å². The Morgan fingerprint density at radius 2 is 1.55 bits per heavy atom. The van der Waals surface area contributed by atoms with Crippen LogP contribution in [0.25, 0.3) is 0 Å². The van der Waals surface area contributed by atoms with Gasteiger partial charge in [0.1, 0.15) is 0 Å². The van der Waals surface area contributed by atoms with Crippen LogP contribution in [0.15, 0.2) is 16.1 Å². The Morgan fingerprint density at radius 1 is 0.950 bits per heavy atom. The molecule has 20 heavy (non-hydrogen) atoms. The number of rotatable bonds is 7. The van der Waals surface area contributed by atoms with Crippen molar-refractivity contribution < 1.29 is 9.59 Å². The van der Waals surface area contributed by atoms with Gasteiger partial charge in [-0.3, -0.25) is 0 Å². The van der Waals surface area contributed by atoms with Crippen LogP contribution in [0.1, 0.15) is 50.3 Å². The Labute approximate surface area is 119 Å². The Morgan fingerprint density at radius 3 is 2.00 bits per heavy atom. The third-order valence-electron chi connectivity index (χ3n) is 3.38. The van der Waals surface area contributed by atoms with E-state index in [0.29, 0.717) is 17.8 Å². The monoisotopic (exact) mass is 272 g/mol. The first-order chi connectivity index (χ1) is 9.73. The summed E-state index contributed by atoms with van der Waals surface area (Å²) in [6.45, 7) is 6.10. The summed E-state index contributed by atoms with van der Waals surface area (Å²) in [5, 5.41) is 0. The van der Waals surface area contributed by atoms with Crippen LogP contribution in [0.4, 0.5) is 11.4 Å². The van der Waals surface area contributed by atoms with Gasteiger partial charge in [0.05, 0.1) is 11.4 Å². The molecule has 0 saturated carbocycles. The number of nitrogens with zero attached hydrogens (tertiary/aromatic N) is 2. The molecule has 4 nitrogen and oxygen atoms in total. The van der Waals surface area contributed by atoms with Gasteiger partial charge in [0, 0.05) is 5.56 Å².